The smallest absolute Gasteiger partial charge is 0.309 e. The van der Waals surface area contributed by atoms with Gasteiger partial charge in [0.25, 0.3) is 0 Å². The average Bonchev–Trinajstić information content (AvgIpc) is 2.71. The lowest BCUT2D eigenvalue weighted by Crippen LogP contribution is -2.51. The molecule has 2 heterocycles. The molecule has 2 aromatic rings. The van der Waals surface area contributed by atoms with Crippen molar-refractivity contribution in [2.24, 2.45) is 0 Å². The van der Waals surface area contributed by atoms with Gasteiger partial charge in [0.15, 0.2) is 0 Å². The molecule has 0 saturated carbocycles. The molecule has 174 valence electrons. The minimum Gasteiger partial charge on any atom is -0.309 e. The summed E-state index contributed by atoms with van der Waals surface area (Å²) >= 11 is 0. The van der Waals surface area contributed by atoms with Crippen LogP contribution in [0.25, 0.3) is 0 Å². The van der Waals surface area contributed by atoms with Crippen LogP contribution in [0.3, 0.4) is 0 Å². The summed E-state index contributed by atoms with van der Waals surface area (Å²) < 4.78 is 79.2. The van der Waals surface area contributed by atoms with Gasteiger partial charge in [-0.3, -0.25) is 0 Å². The molecule has 2 aliphatic rings. The van der Waals surface area contributed by atoms with Crippen LogP contribution in [0.4, 0.5) is 37.7 Å². The van der Waals surface area contributed by atoms with Crippen LogP contribution in [0.2, 0.25) is 0 Å². The van der Waals surface area contributed by atoms with Gasteiger partial charge in [-0.15, -0.1) is 0 Å². The maximum Gasteiger partial charge on any atom is 0.416 e. The molecule has 4 nitrogen and oxygen atoms in total. The summed E-state index contributed by atoms with van der Waals surface area (Å²) in [6, 6.07) is 7.52. The van der Waals surface area contributed by atoms with Gasteiger partial charge in [-0.1, -0.05) is 6.07 Å². The Kier molecular flexibility index (Phi) is 5.57. The zero-order chi connectivity index (χ0) is 23.4. The monoisotopic (exact) mass is 458 g/mol. The van der Waals surface area contributed by atoms with Crippen LogP contribution in [0.1, 0.15) is 28.2 Å². The first-order valence-corrected chi connectivity index (χ1v) is 10.2. The van der Waals surface area contributed by atoms with Crippen molar-refractivity contribution in [3.8, 4) is 0 Å². The Balaban J connectivity index is 1.69. The number of benzene rings is 2. The molecule has 0 aromatic heterocycles. The molecule has 0 bridgehead atoms. The second-order valence-electron chi connectivity index (χ2n) is 8.39. The van der Waals surface area contributed by atoms with Crippen LogP contribution in [0.15, 0.2) is 36.4 Å². The Morgan fingerprint density at radius 1 is 0.812 bits per heavy atom. The predicted octanol–water partition coefficient (Wildman–Crippen LogP) is 5.01. The van der Waals surface area contributed by atoms with Crippen LogP contribution in [-0.4, -0.2) is 50.8 Å². The van der Waals surface area contributed by atoms with Crippen molar-refractivity contribution in [2.45, 2.75) is 24.7 Å². The number of halogens is 6. The van der Waals surface area contributed by atoms with Crippen LogP contribution < -0.4 is 10.0 Å². The number of anilines is 2. The summed E-state index contributed by atoms with van der Waals surface area (Å²) in [7, 11) is 5.39. The Bertz CT molecular complexity index is 1000. The molecule has 2 aliphatic heterocycles. The lowest BCUT2D eigenvalue weighted by Gasteiger charge is -2.45. The van der Waals surface area contributed by atoms with E-state index < -0.39 is 23.5 Å². The maximum atomic E-state index is 13.3. The van der Waals surface area contributed by atoms with E-state index in [1.54, 1.807) is 19.1 Å². The molecular weight excluding hydrogens is 434 g/mol. The molecule has 0 fully saturated rings. The first kappa shape index (κ1) is 22.7. The number of alkyl halides is 6. The second-order valence-corrected chi connectivity index (χ2v) is 8.39. The molecule has 1 atom stereocenters. The van der Waals surface area contributed by atoms with Gasteiger partial charge in [-0.25, -0.2) is 10.0 Å². The number of hydrogen-bond donors (Lipinski definition) is 0. The SMILES string of the molecule is CN1CC(CN2c3ccc(C(F)(F)F)cc3CCN2C)c2ccc(C(F)(F)F)cc2N1C. The molecule has 10 heteroatoms. The molecular formula is C22H24F6N4. The van der Waals surface area contributed by atoms with Crippen molar-refractivity contribution in [3.63, 3.8) is 0 Å². The molecule has 0 saturated heterocycles. The fraction of sp³-hybridized carbons (Fsp3) is 0.455. The van der Waals surface area contributed by atoms with E-state index in [2.05, 4.69) is 0 Å². The molecule has 0 aliphatic carbocycles. The molecule has 0 N–H and O–H groups in total. The third-order valence-corrected chi connectivity index (χ3v) is 6.34. The minimum atomic E-state index is -4.44. The van der Waals surface area contributed by atoms with E-state index in [0.29, 0.717) is 43.0 Å². The largest absolute Gasteiger partial charge is 0.416 e. The zero-order valence-corrected chi connectivity index (χ0v) is 17.9. The number of likely N-dealkylation sites (N-methyl/N-ethyl adjacent to an activating group) is 2. The van der Waals surface area contributed by atoms with E-state index in [0.717, 1.165) is 23.8 Å². The average molecular weight is 458 g/mol. The van der Waals surface area contributed by atoms with Crippen molar-refractivity contribution >= 4 is 11.4 Å². The first-order valence-electron chi connectivity index (χ1n) is 10.2. The fourth-order valence-corrected chi connectivity index (χ4v) is 4.47. The third kappa shape index (κ3) is 4.13. The highest BCUT2D eigenvalue weighted by atomic mass is 19.4. The van der Waals surface area contributed by atoms with E-state index >= 15 is 0 Å². The van der Waals surface area contributed by atoms with Gasteiger partial charge in [-0.2, -0.15) is 26.3 Å². The van der Waals surface area contributed by atoms with E-state index in [1.165, 1.54) is 18.2 Å². The van der Waals surface area contributed by atoms with Crippen molar-refractivity contribution < 1.29 is 26.3 Å². The Labute approximate surface area is 182 Å². The van der Waals surface area contributed by atoms with Crippen LogP contribution in [0, 0.1) is 0 Å². The molecule has 0 amide bonds. The first-order chi connectivity index (χ1) is 14.9. The lowest BCUT2D eigenvalue weighted by atomic mass is 9.92. The number of rotatable bonds is 2. The van der Waals surface area contributed by atoms with E-state index in [9.17, 15) is 26.3 Å². The van der Waals surface area contributed by atoms with Crippen molar-refractivity contribution in [2.75, 3.05) is 50.8 Å². The Morgan fingerprint density at radius 3 is 2.09 bits per heavy atom. The van der Waals surface area contributed by atoms with Gasteiger partial charge in [-0.05, 0) is 47.9 Å². The second kappa shape index (κ2) is 7.84. The summed E-state index contributed by atoms with van der Waals surface area (Å²) in [6.45, 7) is 1.55. The third-order valence-electron chi connectivity index (χ3n) is 6.34. The quantitative estimate of drug-likeness (QED) is 0.587. The van der Waals surface area contributed by atoms with E-state index in [1.807, 2.05) is 22.1 Å². The normalized spacial score (nSPS) is 20.3. The van der Waals surface area contributed by atoms with E-state index in [-0.39, 0.29) is 5.92 Å². The number of fused-ring (bicyclic) bond motifs is 2. The molecule has 0 spiro atoms. The molecule has 32 heavy (non-hydrogen) atoms. The Morgan fingerprint density at radius 2 is 1.44 bits per heavy atom. The maximum absolute atomic E-state index is 13.3. The summed E-state index contributed by atoms with van der Waals surface area (Å²) in [4.78, 5) is 0. The number of nitrogens with zero attached hydrogens (tertiary/aromatic N) is 4. The van der Waals surface area contributed by atoms with Gasteiger partial charge >= 0.3 is 12.4 Å². The lowest BCUT2D eigenvalue weighted by molar-refractivity contribution is -0.138. The summed E-state index contributed by atoms with van der Waals surface area (Å²) in [5, 5.41) is 7.44. The Hall–Kier alpha value is -2.46. The van der Waals surface area contributed by atoms with Crippen molar-refractivity contribution in [3.05, 3.63) is 58.7 Å². The van der Waals surface area contributed by atoms with Gasteiger partial charge < -0.3 is 10.0 Å². The number of hydrogen-bond acceptors (Lipinski definition) is 4. The molecule has 4 rings (SSSR count). The minimum absolute atomic E-state index is 0.135. The van der Waals surface area contributed by atoms with Crippen LogP contribution >= 0.6 is 0 Å². The molecule has 1 unspecified atom stereocenters. The van der Waals surface area contributed by atoms with E-state index in [4.69, 9.17) is 0 Å². The van der Waals surface area contributed by atoms with Crippen molar-refractivity contribution in [1.29, 1.82) is 0 Å². The summed E-state index contributed by atoms with van der Waals surface area (Å²) in [5.41, 5.74) is 1.19. The number of hydrazine groups is 2. The summed E-state index contributed by atoms with van der Waals surface area (Å²) in [5.74, 6) is -0.135. The van der Waals surface area contributed by atoms with Crippen molar-refractivity contribution in [1.82, 2.24) is 10.0 Å². The topological polar surface area (TPSA) is 13.0 Å². The fourth-order valence-electron chi connectivity index (χ4n) is 4.47. The van der Waals surface area contributed by atoms with Gasteiger partial charge in [0, 0.05) is 46.7 Å². The highest BCUT2D eigenvalue weighted by Crippen LogP contribution is 2.41. The highest BCUT2D eigenvalue weighted by Gasteiger charge is 2.37. The molecule has 2 aromatic carbocycles. The molecule has 0 radical (unpaired) electrons. The highest BCUT2D eigenvalue weighted by molar-refractivity contribution is 5.60. The summed E-state index contributed by atoms with van der Waals surface area (Å²) in [6.07, 6.45) is -8.36. The standard InChI is InChI=1S/C22H24F6N4/c1-29-9-8-14-10-16(21(23,24)25)5-7-19(14)32(29)13-15-12-30(2)31(3)20-11-17(22(26,27)28)4-6-18(15)20/h4-7,10-11,15H,8-9,12-13H2,1-3H3. The van der Waals surface area contributed by atoms with Gasteiger partial charge in [0.2, 0.25) is 0 Å². The van der Waals surface area contributed by atoms with Crippen LogP contribution in [-0.2, 0) is 18.8 Å². The predicted molar refractivity (Wildman–Crippen MR) is 110 cm³/mol. The van der Waals surface area contributed by atoms with Gasteiger partial charge in [0.1, 0.15) is 0 Å². The zero-order valence-electron chi connectivity index (χ0n) is 17.9. The van der Waals surface area contributed by atoms with Crippen LogP contribution in [0.5, 0.6) is 0 Å². The van der Waals surface area contributed by atoms with Gasteiger partial charge in [0.05, 0.1) is 22.5 Å².